The molecule has 1 saturated heterocycles. The van der Waals surface area contributed by atoms with E-state index in [0.29, 0.717) is 18.4 Å². The van der Waals surface area contributed by atoms with Crippen molar-refractivity contribution in [2.45, 2.75) is 24.3 Å². The molecule has 2 aliphatic carbocycles. The third-order valence-electron chi connectivity index (χ3n) is 6.34. The quantitative estimate of drug-likeness (QED) is 0.864. The van der Waals surface area contributed by atoms with Crippen molar-refractivity contribution in [2.75, 3.05) is 27.3 Å². The minimum atomic E-state index is -0.0722. The van der Waals surface area contributed by atoms with E-state index in [1.54, 1.807) is 13.2 Å². The largest absolute Gasteiger partial charge is 0.504 e. The van der Waals surface area contributed by atoms with E-state index in [-0.39, 0.29) is 17.1 Å². The third-order valence-corrected chi connectivity index (χ3v) is 6.34. The van der Waals surface area contributed by atoms with Gasteiger partial charge in [-0.25, -0.2) is 0 Å². The minimum Gasteiger partial charge on any atom is -0.504 e. The van der Waals surface area contributed by atoms with E-state index in [0.717, 1.165) is 25.1 Å². The van der Waals surface area contributed by atoms with E-state index < -0.39 is 0 Å². The predicted molar refractivity (Wildman–Crippen MR) is 86.7 cm³/mol. The standard InChI is InChI=1S/C19H21NO3/c1-20-8-7-19-12-4-6-16(22-2)13(19)10-23-18-15(21)5-3-11(17(18)19)9-14(12)20/h3-6,13-14,21H,7-10H2,1-2H3/t13-,14+,19+/m0/s1. The Morgan fingerprint density at radius 3 is 3.04 bits per heavy atom. The lowest BCUT2D eigenvalue weighted by Crippen LogP contribution is -2.60. The van der Waals surface area contributed by atoms with Crippen molar-refractivity contribution in [1.82, 2.24) is 4.90 Å². The number of phenolic OH excluding ortho intramolecular Hbond substituents is 1. The van der Waals surface area contributed by atoms with Crippen molar-refractivity contribution in [3.8, 4) is 11.5 Å². The highest BCUT2D eigenvalue weighted by molar-refractivity contribution is 5.64. The van der Waals surface area contributed by atoms with Gasteiger partial charge in [-0.15, -0.1) is 0 Å². The average molecular weight is 311 g/mol. The van der Waals surface area contributed by atoms with Gasteiger partial charge in [0.25, 0.3) is 0 Å². The van der Waals surface area contributed by atoms with Crippen molar-refractivity contribution < 1.29 is 14.6 Å². The number of likely N-dealkylation sites (tertiary alicyclic amines) is 1. The molecule has 23 heavy (non-hydrogen) atoms. The maximum absolute atomic E-state index is 10.3. The minimum absolute atomic E-state index is 0.0722. The predicted octanol–water partition coefficient (Wildman–Crippen LogP) is 2.37. The zero-order chi connectivity index (χ0) is 15.8. The van der Waals surface area contributed by atoms with Crippen LogP contribution in [0.2, 0.25) is 0 Å². The number of aromatic hydroxyl groups is 1. The molecule has 1 aromatic carbocycles. The fraction of sp³-hybridized carbons (Fsp3) is 0.474. The van der Waals surface area contributed by atoms with E-state index in [9.17, 15) is 5.11 Å². The number of rotatable bonds is 1. The number of methoxy groups -OCH3 is 1. The van der Waals surface area contributed by atoms with Gasteiger partial charge >= 0.3 is 0 Å². The van der Waals surface area contributed by atoms with E-state index in [4.69, 9.17) is 9.47 Å². The number of benzene rings is 1. The summed E-state index contributed by atoms with van der Waals surface area (Å²) in [4.78, 5) is 2.46. The Morgan fingerprint density at radius 2 is 2.22 bits per heavy atom. The first-order chi connectivity index (χ1) is 11.2. The molecule has 2 heterocycles. The molecular weight excluding hydrogens is 290 g/mol. The summed E-state index contributed by atoms with van der Waals surface area (Å²) in [6, 6.07) is 4.30. The van der Waals surface area contributed by atoms with Crippen LogP contribution in [0.1, 0.15) is 17.5 Å². The normalized spacial score (nSPS) is 34.0. The van der Waals surface area contributed by atoms with Crippen molar-refractivity contribution in [2.24, 2.45) is 5.92 Å². The molecule has 2 bridgehead atoms. The SMILES string of the molecule is COC1=CC=C2[C@H]3Cc4ccc(O)c5c4[C@@]2(CCN3C)[C@H]1CO5. The van der Waals surface area contributed by atoms with Gasteiger partial charge in [-0.05, 0) is 49.7 Å². The van der Waals surface area contributed by atoms with Crippen LogP contribution in [0.5, 0.6) is 11.5 Å². The maximum atomic E-state index is 10.3. The molecule has 120 valence electrons. The van der Waals surface area contributed by atoms with Crippen molar-refractivity contribution in [1.29, 1.82) is 0 Å². The Kier molecular flexibility index (Phi) is 2.54. The van der Waals surface area contributed by atoms with Gasteiger partial charge < -0.3 is 14.6 Å². The molecule has 4 aliphatic rings. The van der Waals surface area contributed by atoms with Crippen LogP contribution >= 0.6 is 0 Å². The molecular formula is C19H21NO3. The highest BCUT2D eigenvalue weighted by Crippen LogP contribution is 2.61. The van der Waals surface area contributed by atoms with Gasteiger partial charge in [-0.2, -0.15) is 0 Å². The van der Waals surface area contributed by atoms with Crippen LogP contribution in [-0.2, 0) is 16.6 Å². The summed E-state index contributed by atoms with van der Waals surface area (Å²) in [7, 11) is 3.96. The first-order valence-electron chi connectivity index (χ1n) is 8.31. The first kappa shape index (κ1) is 13.5. The van der Waals surface area contributed by atoms with Crippen molar-refractivity contribution >= 4 is 0 Å². The van der Waals surface area contributed by atoms with E-state index >= 15 is 0 Å². The van der Waals surface area contributed by atoms with Gasteiger partial charge in [0, 0.05) is 17.0 Å². The second-order valence-corrected chi connectivity index (χ2v) is 7.13. The number of ether oxygens (including phenoxy) is 2. The van der Waals surface area contributed by atoms with Crippen LogP contribution < -0.4 is 4.74 Å². The lowest BCUT2D eigenvalue weighted by atomic mass is 9.52. The van der Waals surface area contributed by atoms with Gasteiger partial charge in [0.05, 0.1) is 19.6 Å². The fourth-order valence-electron chi connectivity index (χ4n) is 5.29. The van der Waals surface area contributed by atoms with Crippen LogP contribution in [0.25, 0.3) is 0 Å². The molecule has 5 rings (SSSR count). The Labute approximate surface area is 136 Å². The van der Waals surface area contributed by atoms with Gasteiger partial charge in [0.2, 0.25) is 0 Å². The van der Waals surface area contributed by atoms with Crippen molar-refractivity contribution in [3.05, 3.63) is 46.7 Å². The Bertz CT molecular complexity index is 766. The molecule has 4 nitrogen and oxygen atoms in total. The number of hydrogen-bond donors (Lipinski definition) is 1. The zero-order valence-electron chi connectivity index (χ0n) is 13.5. The number of hydrogen-bond acceptors (Lipinski definition) is 4. The average Bonchev–Trinajstić information content (AvgIpc) is 2.57. The molecule has 0 unspecified atom stereocenters. The molecule has 2 aliphatic heterocycles. The van der Waals surface area contributed by atoms with E-state index in [2.05, 4.69) is 30.2 Å². The van der Waals surface area contributed by atoms with Gasteiger partial charge in [0.15, 0.2) is 11.5 Å². The lowest BCUT2D eigenvalue weighted by Gasteiger charge is -2.58. The molecule has 3 atom stereocenters. The number of piperidine rings is 1. The summed E-state index contributed by atoms with van der Waals surface area (Å²) in [6.45, 7) is 1.63. The van der Waals surface area contributed by atoms with Crippen LogP contribution in [-0.4, -0.2) is 43.4 Å². The van der Waals surface area contributed by atoms with E-state index in [1.807, 2.05) is 0 Å². The Hall–Kier alpha value is -1.94. The molecule has 0 radical (unpaired) electrons. The molecule has 0 saturated carbocycles. The highest BCUT2D eigenvalue weighted by atomic mass is 16.5. The second kappa shape index (κ2) is 4.32. The van der Waals surface area contributed by atoms with Crippen LogP contribution in [0.3, 0.4) is 0 Å². The molecule has 0 amide bonds. The second-order valence-electron chi connectivity index (χ2n) is 7.13. The van der Waals surface area contributed by atoms with Crippen molar-refractivity contribution in [3.63, 3.8) is 0 Å². The van der Waals surface area contributed by atoms with Crippen LogP contribution in [0, 0.1) is 5.92 Å². The smallest absolute Gasteiger partial charge is 0.165 e. The molecule has 0 aromatic heterocycles. The zero-order valence-corrected chi connectivity index (χ0v) is 13.5. The molecule has 1 fully saturated rings. The molecule has 1 N–H and O–H groups in total. The third kappa shape index (κ3) is 1.45. The van der Waals surface area contributed by atoms with Crippen LogP contribution in [0.4, 0.5) is 0 Å². The summed E-state index contributed by atoms with van der Waals surface area (Å²) in [5.41, 5.74) is 3.93. The lowest BCUT2D eigenvalue weighted by molar-refractivity contribution is 0.0592. The van der Waals surface area contributed by atoms with E-state index in [1.165, 1.54) is 16.7 Å². The molecule has 4 heteroatoms. The molecule has 1 spiro atoms. The van der Waals surface area contributed by atoms with Gasteiger partial charge in [-0.3, -0.25) is 4.90 Å². The monoisotopic (exact) mass is 311 g/mol. The number of nitrogens with zero attached hydrogens (tertiary/aromatic N) is 1. The Morgan fingerprint density at radius 1 is 1.35 bits per heavy atom. The number of phenols is 1. The topological polar surface area (TPSA) is 41.9 Å². The van der Waals surface area contributed by atoms with Gasteiger partial charge in [0.1, 0.15) is 5.76 Å². The summed E-state index contributed by atoms with van der Waals surface area (Å²) < 4.78 is 11.7. The molecule has 1 aromatic rings. The van der Waals surface area contributed by atoms with Crippen LogP contribution in [0.15, 0.2) is 35.6 Å². The summed E-state index contributed by atoms with van der Waals surface area (Å²) >= 11 is 0. The fourth-order valence-corrected chi connectivity index (χ4v) is 5.29. The first-order valence-corrected chi connectivity index (χ1v) is 8.31. The van der Waals surface area contributed by atoms with Gasteiger partial charge in [-0.1, -0.05) is 12.1 Å². The summed E-state index contributed by atoms with van der Waals surface area (Å²) in [5, 5.41) is 10.3. The highest BCUT2D eigenvalue weighted by Gasteiger charge is 2.58. The summed E-state index contributed by atoms with van der Waals surface area (Å²) in [6.07, 6.45) is 6.41. The summed E-state index contributed by atoms with van der Waals surface area (Å²) in [5.74, 6) is 2.17. The maximum Gasteiger partial charge on any atom is 0.165 e. The number of allylic oxidation sites excluding steroid dienone is 2. The Balaban J connectivity index is 1.86. The number of likely N-dealkylation sites (N-methyl/N-ethyl adjacent to an activating group) is 1.